The summed E-state index contributed by atoms with van der Waals surface area (Å²) >= 11 is 0. The predicted octanol–water partition coefficient (Wildman–Crippen LogP) is 3.87. The Morgan fingerprint density at radius 3 is 2.29 bits per heavy atom. The van der Waals surface area contributed by atoms with Gasteiger partial charge in [-0.1, -0.05) is 42.5 Å². The van der Waals surface area contributed by atoms with Crippen molar-refractivity contribution < 1.29 is 13.2 Å². The smallest absolute Gasteiger partial charge is 0.264 e. The van der Waals surface area contributed by atoms with Crippen LogP contribution in [0.25, 0.3) is 10.8 Å². The topological polar surface area (TPSA) is 54.5 Å². The number of nitrogens with zero attached hydrogens (tertiary/aromatic N) is 1. The first-order chi connectivity index (χ1) is 11.4. The van der Waals surface area contributed by atoms with Crippen molar-refractivity contribution in [2.75, 3.05) is 11.4 Å². The number of rotatable bonds is 4. The lowest BCUT2D eigenvalue weighted by Gasteiger charge is -2.20. The molecular weight excluding hydrogens is 322 g/mol. The second-order valence-corrected chi connectivity index (χ2v) is 7.56. The Morgan fingerprint density at radius 1 is 0.875 bits per heavy atom. The summed E-state index contributed by atoms with van der Waals surface area (Å²) in [4.78, 5) is 11.6. The fraction of sp³-hybridized carbons (Fsp3) is 0.105. The van der Waals surface area contributed by atoms with E-state index in [1.165, 1.54) is 30.4 Å². The third-order valence-electron chi connectivity index (χ3n) is 4.00. The minimum absolute atomic E-state index is 0.103. The number of sulfonamides is 1. The minimum atomic E-state index is -3.74. The van der Waals surface area contributed by atoms with E-state index in [0.717, 1.165) is 10.8 Å². The molecule has 3 aromatic rings. The van der Waals surface area contributed by atoms with Gasteiger partial charge in [0.1, 0.15) is 0 Å². The number of hydrogen-bond acceptors (Lipinski definition) is 3. The van der Waals surface area contributed by atoms with E-state index in [1.54, 1.807) is 18.2 Å². The first kappa shape index (κ1) is 16.2. The van der Waals surface area contributed by atoms with Gasteiger partial charge in [0.05, 0.1) is 10.6 Å². The normalized spacial score (nSPS) is 11.4. The molecule has 24 heavy (non-hydrogen) atoms. The van der Waals surface area contributed by atoms with Gasteiger partial charge in [0, 0.05) is 12.6 Å². The molecule has 0 aromatic heterocycles. The van der Waals surface area contributed by atoms with Gasteiger partial charge >= 0.3 is 0 Å². The van der Waals surface area contributed by atoms with Gasteiger partial charge in [-0.05, 0) is 42.0 Å². The van der Waals surface area contributed by atoms with E-state index in [9.17, 15) is 13.2 Å². The molecule has 5 heteroatoms. The molecule has 122 valence electrons. The van der Waals surface area contributed by atoms with E-state index in [4.69, 9.17) is 0 Å². The molecule has 0 aliphatic rings. The van der Waals surface area contributed by atoms with Crippen molar-refractivity contribution in [2.24, 2.45) is 0 Å². The fourth-order valence-corrected chi connectivity index (χ4v) is 3.78. The fourth-order valence-electron chi connectivity index (χ4n) is 2.55. The molecule has 0 aliphatic heterocycles. The van der Waals surface area contributed by atoms with Crippen molar-refractivity contribution in [3.05, 3.63) is 72.3 Å². The molecule has 0 heterocycles. The van der Waals surface area contributed by atoms with Gasteiger partial charge in [-0.25, -0.2) is 8.42 Å². The van der Waals surface area contributed by atoms with Gasteiger partial charge < -0.3 is 0 Å². The first-order valence-corrected chi connectivity index (χ1v) is 8.92. The highest BCUT2D eigenvalue weighted by atomic mass is 32.2. The second kappa shape index (κ2) is 6.09. The van der Waals surface area contributed by atoms with E-state index in [-0.39, 0.29) is 10.7 Å². The summed E-state index contributed by atoms with van der Waals surface area (Å²) in [5.41, 5.74) is 0.949. The predicted molar refractivity (Wildman–Crippen MR) is 96.0 cm³/mol. The molecule has 0 N–H and O–H groups in total. The molecule has 0 unspecified atom stereocenters. The van der Waals surface area contributed by atoms with Crippen molar-refractivity contribution in [2.45, 2.75) is 11.8 Å². The molecule has 0 saturated carbocycles. The quantitative estimate of drug-likeness (QED) is 0.678. The number of carbonyl (C=O) groups is 1. The Kier molecular flexibility index (Phi) is 4.11. The molecule has 0 saturated heterocycles. The molecule has 0 fully saturated rings. The van der Waals surface area contributed by atoms with Crippen LogP contribution in [0.4, 0.5) is 5.69 Å². The van der Waals surface area contributed by atoms with E-state index in [2.05, 4.69) is 0 Å². The maximum Gasteiger partial charge on any atom is 0.264 e. The van der Waals surface area contributed by atoms with Crippen molar-refractivity contribution in [3.8, 4) is 0 Å². The maximum absolute atomic E-state index is 12.9. The van der Waals surface area contributed by atoms with Gasteiger partial charge in [0.25, 0.3) is 10.0 Å². The molecule has 3 aromatic carbocycles. The summed E-state index contributed by atoms with van der Waals surface area (Å²) in [7, 11) is -2.22. The molecule has 0 radical (unpaired) electrons. The highest BCUT2D eigenvalue weighted by Crippen LogP contribution is 2.26. The zero-order chi connectivity index (χ0) is 17.3. The van der Waals surface area contributed by atoms with Crippen LogP contribution < -0.4 is 4.31 Å². The van der Waals surface area contributed by atoms with Crippen molar-refractivity contribution >= 4 is 32.3 Å². The molecule has 0 spiro atoms. The van der Waals surface area contributed by atoms with E-state index >= 15 is 0 Å². The standard InChI is InChI=1S/C19H17NO3S/c1-14(21)16-8-5-9-19(13-16)24(22,23)20(2)18-11-10-15-6-3-4-7-17(15)12-18/h3-13H,1-2H3. The zero-order valence-electron chi connectivity index (χ0n) is 13.4. The largest absolute Gasteiger partial charge is 0.295 e. The summed E-state index contributed by atoms with van der Waals surface area (Å²) in [5, 5.41) is 2.01. The molecule has 0 atom stereocenters. The van der Waals surface area contributed by atoms with Gasteiger partial charge in [-0.2, -0.15) is 0 Å². The van der Waals surface area contributed by atoms with E-state index < -0.39 is 10.0 Å². The Bertz CT molecular complexity index is 1030. The molecular formula is C19H17NO3S. The van der Waals surface area contributed by atoms with Crippen LogP contribution in [0.5, 0.6) is 0 Å². The molecule has 0 aliphatic carbocycles. The van der Waals surface area contributed by atoms with Crippen molar-refractivity contribution in [1.29, 1.82) is 0 Å². The number of ketones is 1. The van der Waals surface area contributed by atoms with Gasteiger partial charge in [0.2, 0.25) is 0 Å². The first-order valence-electron chi connectivity index (χ1n) is 7.48. The lowest BCUT2D eigenvalue weighted by molar-refractivity contribution is 0.101. The Morgan fingerprint density at radius 2 is 1.58 bits per heavy atom. The van der Waals surface area contributed by atoms with Crippen LogP contribution in [-0.2, 0) is 10.0 Å². The van der Waals surface area contributed by atoms with Crippen LogP contribution in [0.1, 0.15) is 17.3 Å². The SMILES string of the molecule is CC(=O)c1cccc(S(=O)(=O)N(C)c2ccc3ccccc3c2)c1. The van der Waals surface area contributed by atoms with Crippen LogP contribution in [0, 0.1) is 0 Å². The van der Waals surface area contributed by atoms with Crippen molar-refractivity contribution in [3.63, 3.8) is 0 Å². The number of benzene rings is 3. The molecule has 0 bridgehead atoms. The van der Waals surface area contributed by atoms with Crippen LogP contribution in [0.3, 0.4) is 0 Å². The number of hydrogen-bond donors (Lipinski definition) is 0. The second-order valence-electron chi connectivity index (χ2n) is 5.59. The molecule has 4 nitrogen and oxygen atoms in total. The Hall–Kier alpha value is -2.66. The summed E-state index contributed by atoms with van der Waals surface area (Å²) in [6, 6.07) is 19.4. The van der Waals surface area contributed by atoms with E-state index in [1.807, 2.05) is 36.4 Å². The number of anilines is 1. The average Bonchev–Trinajstić information content (AvgIpc) is 2.60. The third kappa shape index (κ3) is 2.90. The highest BCUT2D eigenvalue weighted by molar-refractivity contribution is 7.92. The molecule has 3 rings (SSSR count). The zero-order valence-corrected chi connectivity index (χ0v) is 14.2. The highest BCUT2D eigenvalue weighted by Gasteiger charge is 2.22. The Labute approximate surface area is 141 Å². The van der Waals surface area contributed by atoms with Gasteiger partial charge in [-0.15, -0.1) is 0 Å². The lowest BCUT2D eigenvalue weighted by atomic mass is 10.1. The van der Waals surface area contributed by atoms with Crippen molar-refractivity contribution in [1.82, 2.24) is 0 Å². The Balaban J connectivity index is 2.04. The van der Waals surface area contributed by atoms with Crippen LogP contribution in [-0.4, -0.2) is 21.2 Å². The maximum atomic E-state index is 12.9. The van der Waals surface area contributed by atoms with E-state index in [0.29, 0.717) is 11.3 Å². The van der Waals surface area contributed by atoms with Gasteiger partial charge in [0.15, 0.2) is 5.78 Å². The summed E-state index contributed by atoms with van der Waals surface area (Å²) in [6.07, 6.45) is 0. The monoisotopic (exact) mass is 339 g/mol. The summed E-state index contributed by atoms with van der Waals surface area (Å²) < 4.78 is 27.0. The van der Waals surface area contributed by atoms with Gasteiger partial charge in [-0.3, -0.25) is 9.10 Å². The lowest BCUT2D eigenvalue weighted by Crippen LogP contribution is -2.26. The van der Waals surface area contributed by atoms with Crippen LogP contribution in [0.2, 0.25) is 0 Å². The van der Waals surface area contributed by atoms with Crippen LogP contribution in [0.15, 0.2) is 71.6 Å². The average molecular weight is 339 g/mol. The number of carbonyl (C=O) groups excluding carboxylic acids is 1. The summed E-state index contributed by atoms with van der Waals surface area (Å²) in [5.74, 6) is -0.166. The van der Waals surface area contributed by atoms with Crippen LogP contribution >= 0.6 is 0 Å². The number of fused-ring (bicyclic) bond motifs is 1. The summed E-state index contributed by atoms with van der Waals surface area (Å²) in [6.45, 7) is 1.42. The minimum Gasteiger partial charge on any atom is -0.295 e. The molecule has 0 amide bonds. The number of Topliss-reactive ketones (excluding diaryl/α,β-unsaturated/α-hetero) is 1. The third-order valence-corrected chi connectivity index (χ3v) is 5.78.